The van der Waals surface area contributed by atoms with Crippen molar-refractivity contribution in [2.45, 2.75) is 112 Å². The maximum atomic E-state index is 2.77. The number of unbranched alkanes of at least 4 members (excludes halogenated alkanes) is 9. The number of rotatable bonds is 18. The lowest BCUT2D eigenvalue weighted by molar-refractivity contribution is -1.03. The summed E-state index contributed by atoms with van der Waals surface area (Å²) in [5, 5.41) is 2.77. The summed E-state index contributed by atoms with van der Waals surface area (Å²) < 4.78 is 1.28. The first-order chi connectivity index (χ1) is 11.7. The molecule has 0 rings (SSSR count). The first-order valence-corrected chi connectivity index (χ1v) is 11.3. The van der Waals surface area contributed by atoms with Crippen molar-refractivity contribution in [3.8, 4) is 0 Å². The van der Waals surface area contributed by atoms with Crippen molar-refractivity contribution in [3.63, 3.8) is 0 Å². The molecule has 0 aliphatic heterocycles. The van der Waals surface area contributed by atoms with Crippen molar-refractivity contribution in [2.75, 3.05) is 32.7 Å². The molecule has 0 aromatic rings. The van der Waals surface area contributed by atoms with Crippen molar-refractivity contribution in [3.05, 3.63) is 0 Å². The molecule has 0 N–H and O–H groups in total. The summed E-state index contributed by atoms with van der Waals surface area (Å²) in [5.74, 6) is 0. The second-order valence-electron chi connectivity index (χ2n) is 7.59. The first-order valence-electron chi connectivity index (χ1n) is 11.3. The summed E-state index contributed by atoms with van der Waals surface area (Å²) in [4.78, 5) is 0. The lowest BCUT2D eigenvalue weighted by atomic mass is 10.1. The Bertz CT molecular complexity index is 217. The van der Waals surface area contributed by atoms with Gasteiger partial charge in [0.05, 0.1) is 19.6 Å². The third-order valence-electron chi connectivity index (χ3n) is 5.61. The van der Waals surface area contributed by atoms with Gasteiger partial charge < -0.3 is 0 Å². The summed E-state index contributed by atoms with van der Waals surface area (Å²) in [6.07, 6.45) is 16.7. The first kappa shape index (κ1) is 23.9. The van der Waals surface area contributed by atoms with Crippen LogP contribution in [0.3, 0.4) is 0 Å². The lowest BCUT2D eigenvalue weighted by Crippen LogP contribution is -2.61. The molecule has 24 heavy (non-hydrogen) atoms. The van der Waals surface area contributed by atoms with Crippen LogP contribution >= 0.6 is 0 Å². The largest absolute Gasteiger partial charge is 0.243 e. The lowest BCUT2D eigenvalue weighted by Gasteiger charge is -2.46. The predicted molar refractivity (Wildman–Crippen MR) is 110 cm³/mol. The smallest absolute Gasteiger partial charge is 0.0964 e. The maximum absolute atomic E-state index is 2.77. The van der Waals surface area contributed by atoms with Gasteiger partial charge >= 0.3 is 0 Å². The molecule has 0 fully saturated rings. The van der Waals surface area contributed by atoms with Crippen LogP contribution in [-0.2, 0) is 0 Å². The van der Waals surface area contributed by atoms with Crippen LogP contribution in [0.1, 0.15) is 112 Å². The van der Waals surface area contributed by atoms with Gasteiger partial charge in [0.25, 0.3) is 0 Å². The van der Waals surface area contributed by atoms with Crippen LogP contribution in [0, 0.1) is 0 Å². The second-order valence-corrected chi connectivity index (χ2v) is 7.59. The quantitative estimate of drug-likeness (QED) is 0.150. The molecule has 0 radical (unpaired) electrons. The molecule has 146 valence electrons. The fourth-order valence-electron chi connectivity index (χ4n) is 4.08. The molecule has 0 unspecified atom stereocenters. The van der Waals surface area contributed by atoms with E-state index in [1.54, 1.807) is 0 Å². The van der Waals surface area contributed by atoms with Gasteiger partial charge in [-0.2, -0.15) is 5.01 Å². The van der Waals surface area contributed by atoms with Crippen LogP contribution in [0.5, 0.6) is 0 Å². The molecule has 0 saturated heterocycles. The average molecular weight is 342 g/mol. The van der Waals surface area contributed by atoms with Crippen molar-refractivity contribution in [1.82, 2.24) is 5.01 Å². The highest BCUT2D eigenvalue weighted by atomic mass is 15.7. The van der Waals surface area contributed by atoms with Crippen LogP contribution in [0.4, 0.5) is 0 Å². The Kier molecular flexibility index (Phi) is 16.3. The van der Waals surface area contributed by atoms with Crippen molar-refractivity contribution in [1.29, 1.82) is 0 Å². The molecule has 2 nitrogen and oxygen atoms in total. The summed E-state index contributed by atoms with van der Waals surface area (Å²) in [7, 11) is 0. The topological polar surface area (TPSA) is 3.24 Å². The van der Waals surface area contributed by atoms with E-state index < -0.39 is 0 Å². The summed E-state index contributed by atoms with van der Waals surface area (Å²) in [6, 6.07) is 0. The highest BCUT2D eigenvalue weighted by Gasteiger charge is 2.32. The van der Waals surface area contributed by atoms with E-state index in [0.717, 1.165) is 0 Å². The molecule has 0 amide bonds. The fraction of sp³-hybridized carbons (Fsp3) is 1.00. The highest BCUT2D eigenvalue weighted by molar-refractivity contribution is 4.52. The van der Waals surface area contributed by atoms with Gasteiger partial charge in [-0.1, -0.05) is 59.3 Å². The van der Waals surface area contributed by atoms with Crippen molar-refractivity contribution in [2.24, 2.45) is 0 Å². The third kappa shape index (κ3) is 10.0. The molecule has 0 spiro atoms. The van der Waals surface area contributed by atoms with Crippen molar-refractivity contribution < 1.29 is 4.59 Å². The predicted octanol–water partition coefficient (Wildman–Crippen LogP) is 6.80. The van der Waals surface area contributed by atoms with Crippen LogP contribution in [0.25, 0.3) is 0 Å². The number of hydrogen-bond acceptors (Lipinski definition) is 1. The normalized spacial score (nSPS) is 12.2. The van der Waals surface area contributed by atoms with Gasteiger partial charge in [-0.15, -0.1) is 0 Å². The monoisotopic (exact) mass is 341 g/mol. The molecule has 2 heteroatoms. The molecule has 0 aromatic heterocycles. The van der Waals surface area contributed by atoms with E-state index in [-0.39, 0.29) is 0 Å². The van der Waals surface area contributed by atoms with E-state index in [4.69, 9.17) is 0 Å². The summed E-state index contributed by atoms with van der Waals surface area (Å²) in [6.45, 7) is 18.2. The van der Waals surface area contributed by atoms with Gasteiger partial charge in [0.15, 0.2) is 0 Å². The molecule has 0 aromatic carbocycles. The van der Waals surface area contributed by atoms with E-state index in [2.05, 4.69) is 39.6 Å². The van der Waals surface area contributed by atoms with Gasteiger partial charge in [0, 0.05) is 13.1 Å². The number of hydrogen-bond donors (Lipinski definition) is 0. The zero-order chi connectivity index (χ0) is 18.1. The third-order valence-corrected chi connectivity index (χ3v) is 5.61. The molecular weight excluding hydrogens is 292 g/mol. The summed E-state index contributed by atoms with van der Waals surface area (Å²) in [5.41, 5.74) is 0. The van der Waals surface area contributed by atoms with Gasteiger partial charge in [0.1, 0.15) is 0 Å². The van der Waals surface area contributed by atoms with E-state index >= 15 is 0 Å². The number of nitrogens with zero attached hydrogens (tertiary/aromatic N) is 2. The summed E-state index contributed by atoms with van der Waals surface area (Å²) >= 11 is 0. The zero-order valence-corrected chi connectivity index (χ0v) is 17.9. The minimum absolute atomic E-state index is 1.20. The number of quaternary nitrogens is 1. The molecule has 0 aliphatic rings. The van der Waals surface area contributed by atoms with Crippen LogP contribution in [0.15, 0.2) is 0 Å². The van der Waals surface area contributed by atoms with E-state index in [9.17, 15) is 0 Å². The Labute approximate surface area is 154 Å². The molecule has 0 bridgehead atoms. The Morgan fingerprint density at radius 2 is 0.792 bits per heavy atom. The minimum atomic E-state index is 1.20. The zero-order valence-electron chi connectivity index (χ0n) is 17.9. The molecular formula is C22H49N2+. The van der Waals surface area contributed by atoms with Crippen LogP contribution in [0.2, 0.25) is 0 Å². The minimum Gasteiger partial charge on any atom is -0.243 e. The van der Waals surface area contributed by atoms with Crippen molar-refractivity contribution >= 4 is 0 Å². The molecule has 0 heterocycles. The Hall–Kier alpha value is -0.0800. The molecule has 0 saturated carbocycles. The molecule has 0 aliphatic carbocycles. The SMILES string of the molecule is CCCCCC[N+](CCCCCC)(CCCCCC)N(CC)CC. The maximum Gasteiger partial charge on any atom is 0.0964 e. The standard InChI is InChI=1S/C22H49N2/c1-6-11-14-17-20-24(23(9-4)10-5,21-18-15-12-7-2)22-19-16-13-8-3/h6-22H2,1-5H3/q+1. The van der Waals surface area contributed by atoms with Crippen LogP contribution < -0.4 is 0 Å². The van der Waals surface area contributed by atoms with Crippen LogP contribution in [-0.4, -0.2) is 42.3 Å². The van der Waals surface area contributed by atoms with E-state index in [1.165, 1.54) is 114 Å². The van der Waals surface area contributed by atoms with E-state index in [0.29, 0.717) is 0 Å². The Morgan fingerprint density at radius 1 is 0.458 bits per heavy atom. The average Bonchev–Trinajstić information content (AvgIpc) is 2.60. The highest BCUT2D eigenvalue weighted by Crippen LogP contribution is 2.21. The van der Waals surface area contributed by atoms with Gasteiger partial charge in [-0.05, 0) is 52.4 Å². The van der Waals surface area contributed by atoms with Gasteiger partial charge in [-0.25, -0.2) is 4.59 Å². The Morgan fingerprint density at radius 3 is 1.04 bits per heavy atom. The van der Waals surface area contributed by atoms with E-state index in [1.807, 2.05) is 0 Å². The second kappa shape index (κ2) is 16.4. The Balaban J connectivity index is 4.85. The fourth-order valence-corrected chi connectivity index (χ4v) is 4.08. The van der Waals surface area contributed by atoms with Gasteiger partial charge in [-0.3, -0.25) is 0 Å². The molecule has 0 atom stereocenters. The van der Waals surface area contributed by atoms with Gasteiger partial charge in [0.2, 0.25) is 0 Å².